The van der Waals surface area contributed by atoms with Gasteiger partial charge >= 0.3 is 0 Å². The lowest BCUT2D eigenvalue weighted by molar-refractivity contribution is -0.176. The van der Waals surface area contributed by atoms with Crippen LogP contribution in [0.25, 0.3) is 0 Å². The Morgan fingerprint density at radius 2 is 1.79 bits per heavy atom. The van der Waals surface area contributed by atoms with Crippen molar-refractivity contribution in [1.82, 2.24) is 15.1 Å². The van der Waals surface area contributed by atoms with Crippen LogP contribution in [0.2, 0.25) is 10.0 Å². The van der Waals surface area contributed by atoms with Crippen molar-refractivity contribution in [3.05, 3.63) is 33.8 Å². The minimum Gasteiger partial charge on any atom is -0.352 e. The fraction of sp³-hybridized carbons (Fsp3) is 0.600. The molecule has 1 aliphatic rings. The normalized spacial score (nSPS) is 18.7. The highest BCUT2D eigenvalue weighted by molar-refractivity contribution is 6.36. The van der Waals surface area contributed by atoms with E-state index in [4.69, 9.17) is 28.9 Å². The molecule has 1 heterocycles. The number of ketones is 1. The van der Waals surface area contributed by atoms with Crippen molar-refractivity contribution in [3.63, 3.8) is 0 Å². The van der Waals surface area contributed by atoms with Gasteiger partial charge in [-0.2, -0.15) is 0 Å². The molecule has 0 spiro atoms. The van der Waals surface area contributed by atoms with Crippen LogP contribution in [0, 0.1) is 11.8 Å². The number of aldehydes is 1. The number of hydrogen-bond donors (Lipinski definition) is 2. The van der Waals surface area contributed by atoms with E-state index in [1.54, 1.807) is 33.8 Å². The van der Waals surface area contributed by atoms with Crippen LogP contribution in [0.1, 0.15) is 83.5 Å². The molecule has 4 amide bonds. The van der Waals surface area contributed by atoms with E-state index in [1.807, 2.05) is 6.92 Å². The van der Waals surface area contributed by atoms with Gasteiger partial charge in [0.1, 0.15) is 6.29 Å². The molecule has 0 unspecified atom stereocenters. The second-order valence-corrected chi connectivity index (χ2v) is 12.1. The first-order valence-electron chi connectivity index (χ1n) is 14.4. The number of hydrogen-bond acceptors (Lipinski definition) is 7. The summed E-state index contributed by atoms with van der Waals surface area (Å²) in [5, 5.41) is 3.39. The quantitative estimate of drug-likeness (QED) is 0.182. The second-order valence-electron chi connectivity index (χ2n) is 11.3. The molecule has 1 saturated heterocycles. The lowest BCUT2D eigenvalue weighted by atomic mass is 9.74. The summed E-state index contributed by atoms with van der Waals surface area (Å²) in [4.78, 5) is 81.5. The van der Waals surface area contributed by atoms with E-state index >= 15 is 0 Å². The molecule has 0 radical (unpaired) electrons. The van der Waals surface area contributed by atoms with Gasteiger partial charge in [0.2, 0.25) is 11.8 Å². The Balaban J connectivity index is 2.22. The lowest BCUT2D eigenvalue weighted by Gasteiger charge is -2.49. The standard InChI is InChI=1S/C30H42Cl2N4O6/c1-6-15-35(24(17-37)18(2)3)29(42)30(19(4)5)25(38)12-13-26(39)36(30)28(41)23(33)9-7-8-14-34-27(40)21-11-10-20(31)16-22(21)32/h10-11,16-19,23-24H,6-9,12-15,33H2,1-5H3,(H,34,40)/t23-,24+,30+/m0/s1. The number of amides is 4. The van der Waals surface area contributed by atoms with Crippen molar-refractivity contribution in [2.24, 2.45) is 17.6 Å². The minimum atomic E-state index is -2.10. The maximum atomic E-state index is 14.3. The van der Waals surface area contributed by atoms with E-state index in [9.17, 15) is 28.8 Å². The van der Waals surface area contributed by atoms with E-state index < -0.39 is 47.0 Å². The van der Waals surface area contributed by atoms with Gasteiger partial charge in [-0.15, -0.1) is 0 Å². The largest absolute Gasteiger partial charge is 0.352 e. The molecule has 0 aliphatic carbocycles. The van der Waals surface area contributed by atoms with Gasteiger partial charge < -0.3 is 20.7 Å². The number of unbranched alkanes of at least 4 members (excludes halogenated alkanes) is 1. The summed E-state index contributed by atoms with van der Waals surface area (Å²) in [7, 11) is 0. The fourth-order valence-corrected chi connectivity index (χ4v) is 5.86. The number of halogens is 2. The molecule has 1 aromatic rings. The smallest absolute Gasteiger partial charge is 0.257 e. The molecular weight excluding hydrogens is 583 g/mol. The first-order valence-corrected chi connectivity index (χ1v) is 15.2. The van der Waals surface area contributed by atoms with Crippen molar-refractivity contribution in [1.29, 1.82) is 0 Å². The van der Waals surface area contributed by atoms with E-state index in [2.05, 4.69) is 5.32 Å². The predicted octanol–water partition coefficient (Wildman–Crippen LogP) is 3.80. The third kappa shape index (κ3) is 7.57. The van der Waals surface area contributed by atoms with Gasteiger partial charge in [0.05, 0.1) is 22.7 Å². The minimum absolute atomic E-state index is 0.151. The van der Waals surface area contributed by atoms with Gasteiger partial charge in [0, 0.05) is 31.0 Å². The van der Waals surface area contributed by atoms with Gasteiger partial charge in [-0.3, -0.25) is 28.9 Å². The van der Waals surface area contributed by atoms with Gasteiger partial charge in [-0.05, 0) is 55.7 Å². The van der Waals surface area contributed by atoms with Crippen LogP contribution < -0.4 is 11.1 Å². The molecule has 3 N–H and O–H groups in total. The van der Waals surface area contributed by atoms with Crippen LogP contribution in [-0.4, -0.2) is 76.2 Å². The monoisotopic (exact) mass is 624 g/mol. The molecule has 12 heteroatoms. The highest BCUT2D eigenvalue weighted by Crippen LogP contribution is 2.37. The van der Waals surface area contributed by atoms with Crippen LogP contribution in [-0.2, 0) is 24.0 Å². The predicted molar refractivity (Wildman–Crippen MR) is 161 cm³/mol. The maximum Gasteiger partial charge on any atom is 0.257 e. The van der Waals surface area contributed by atoms with Crippen molar-refractivity contribution in [3.8, 4) is 0 Å². The van der Waals surface area contributed by atoms with Crippen molar-refractivity contribution < 1.29 is 28.8 Å². The number of nitrogens with one attached hydrogen (secondary N) is 1. The number of nitrogens with zero attached hydrogens (tertiary/aromatic N) is 2. The second kappa shape index (κ2) is 15.6. The SMILES string of the molecule is CCCN(C(=O)[C@@]1(C(C)C)C(=O)CCC(=O)N1C(=O)[C@@H](N)CCCCNC(=O)c1ccc(Cl)cc1Cl)[C@H](C=O)C(C)C. The molecule has 0 saturated carbocycles. The zero-order valence-electron chi connectivity index (χ0n) is 25.0. The van der Waals surface area contributed by atoms with Gasteiger partial charge in [0.15, 0.2) is 11.3 Å². The zero-order valence-corrected chi connectivity index (χ0v) is 26.5. The third-order valence-corrected chi connectivity index (χ3v) is 8.15. The number of carbonyl (C=O) groups is 6. The summed E-state index contributed by atoms with van der Waals surface area (Å²) in [5.41, 5.74) is 4.44. The molecule has 42 heavy (non-hydrogen) atoms. The number of piperidine rings is 1. The molecule has 1 fully saturated rings. The molecule has 2 rings (SSSR count). The number of carbonyl (C=O) groups excluding carboxylic acids is 6. The molecule has 0 bridgehead atoms. The number of rotatable bonds is 14. The molecule has 232 valence electrons. The Kier molecular flexibility index (Phi) is 13.1. The van der Waals surface area contributed by atoms with Crippen LogP contribution in [0.5, 0.6) is 0 Å². The van der Waals surface area contributed by atoms with Gasteiger partial charge in [-0.25, -0.2) is 0 Å². The van der Waals surface area contributed by atoms with Crippen molar-refractivity contribution in [2.45, 2.75) is 90.8 Å². The highest BCUT2D eigenvalue weighted by atomic mass is 35.5. The summed E-state index contributed by atoms with van der Waals surface area (Å²) in [5.74, 6) is -4.11. The summed E-state index contributed by atoms with van der Waals surface area (Å²) < 4.78 is 0. The fourth-order valence-electron chi connectivity index (χ4n) is 5.37. The maximum absolute atomic E-state index is 14.3. The molecule has 1 aromatic carbocycles. The van der Waals surface area contributed by atoms with Crippen LogP contribution in [0.15, 0.2) is 18.2 Å². The van der Waals surface area contributed by atoms with Crippen LogP contribution >= 0.6 is 23.2 Å². The van der Waals surface area contributed by atoms with E-state index in [0.717, 1.165) is 4.90 Å². The molecular formula is C30H42Cl2N4O6. The Morgan fingerprint density at radius 3 is 2.33 bits per heavy atom. The molecule has 3 atom stereocenters. The number of likely N-dealkylation sites (tertiary alicyclic amines) is 1. The van der Waals surface area contributed by atoms with E-state index in [1.165, 1.54) is 17.0 Å². The number of Topliss-reactive ketones (excluding diaryl/α,β-unsaturated/α-hetero) is 1. The highest BCUT2D eigenvalue weighted by Gasteiger charge is 2.61. The Morgan fingerprint density at radius 1 is 1.12 bits per heavy atom. The summed E-state index contributed by atoms with van der Waals surface area (Å²) in [6, 6.07) is 2.56. The summed E-state index contributed by atoms with van der Waals surface area (Å²) in [6.45, 7) is 9.10. The average molecular weight is 626 g/mol. The third-order valence-electron chi connectivity index (χ3n) is 7.60. The topological polar surface area (TPSA) is 147 Å². The molecule has 1 aliphatic heterocycles. The van der Waals surface area contributed by atoms with Crippen molar-refractivity contribution in [2.75, 3.05) is 13.1 Å². The summed E-state index contributed by atoms with van der Waals surface area (Å²) >= 11 is 12.0. The first-order chi connectivity index (χ1) is 19.7. The van der Waals surface area contributed by atoms with Crippen molar-refractivity contribution >= 4 is 58.9 Å². The molecule has 10 nitrogen and oxygen atoms in total. The summed E-state index contributed by atoms with van der Waals surface area (Å²) in [6.07, 6.45) is 1.81. The average Bonchev–Trinajstić information content (AvgIpc) is 2.92. The number of nitrogens with two attached hydrogens (primary N) is 1. The van der Waals surface area contributed by atoms with Gasteiger partial charge in [0.25, 0.3) is 11.8 Å². The Labute approximate surface area is 257 Å². The number of benzene rings is 1. The Bertz CT molecular complexity index is 1190. The number of imide groups is 1. The van der Waals surface area contributed by atoms with Crippen LogP contribution in [0.3, 0.4) is 0 Å². The van der Waals surface area contributed by atoms with E-state index in [-0.39, 0.29) is 54.8 Å². The Hall–Kier alpha value is -2.82. The van der Waals surface area contributed by atoms with E-state index in [0.29, 0.717) is 30.6 Å². The van der Waals surface area contributed by atoms with Crippen LogP contribution in [0.4, 0.5) is 0 Å². The zero-order chi connectivity index (χ0) is 31.8. The first kappa shape index (κ1) is 35.4. The molecule has 0 aromatic heterocycles. The lowest BCUT2D eigenvalue weighted by Crippen LogP contribution is -2.74. The van der Waals surface area contributed by atoms with Gasteiger partial charge in [-0.1, -0.05) is 57.8 Å².